The van der Waals surface area contributed by atoms with Crippen LogP contribution < -0.4 is 9.47 Å². The van der Waals surface area contributed by atoms with Crippen molar-refractivity contribution in [2.45, 2.75) is 26.4 Å². The Labute approximate surface area is 119 Å². The summed E-state index contributed by atoms with van der Waals surface area (Å²) in [5.41, 5.74) is 0.666. The summed E-state index contributed by atoms with van der Waals surface area (Å²) >= 11 is 0. The van der Waals surface area contributed by atoms with Gasteiger partial charge in [-0.05, 0) is 49.7 Å². The quantitative estimate of drug-likeness (QED) is 0.871. The minimum Gasteiger partial charge on any atom is -0.494 e. The number of aromatic nitrogens is 1. The zero-order chi connectivity index (χ0) is 14.4. The average Bonchev–Trinajstić information content (AvgIpc) is 2.47. The molecule has 0 bridgehead atoms. The molecule has 2 rings (SSSR count). The number of hydrogen-bond donors (Lipinski definition) is 1. The van der Waals surface area contributed by atoms with Crippen molar-refractivity contribution in [3.63, 3.8) is 0 Å². The molecule has 0 saturated carbocycles. The Morgan fingerprint density at radius 2 is 1.85 bits per heavy atom. The maximum absolute atomic E-state index is 9.68. The second-order valence-corrected chi connectivity index (χ2v) is 4.50. The van der Waals surface area contributed by atoms with Crippen LogP contribution in [-0.2, 0) is 0 Å². The van der Waals surface area contributed by atoms with Crippen LogP contribution in [0.4, 0.5) is 0 Å². The van der Waals surface area contributed by atoms with Crippen molar-refractivity contribution in [1.82, 2.24) is 4.98 Å². The molecule has 4 heteroatoms. The number of benzene rings is 1. The molecule has 0 amide bonds. The topological polar surface area (TPSA) is 51.6 Å². The number of hydrogen-bond acceptors (Lipinski definition) is 4. The Hall–Kier alpha value is -2.07. The van der Waals surface area contributed by atoms with Crippen LogP contribution in [0.3, 0.4) is 0 Å². The fourth-order valence-corrected chi connectivity index (χ4v) is 1.74. The highest BCUT2D eigenvalue weighted by Crippen LogP contribution is 2.28. The van der Waals surface area contributed by atoms with E-state index in [0.717, 1.165) is 12.2 Å². The molecule has 0 aliphatic carbocycles. The number of ether oxygens (including phenoxy) is 2. The summed E-state index contributed by atoms with van der Waals surface area (Å²) in [6.07, 6.45) is 2.00. The third kappa shape index (κ3) is 3.71. The summed E-state index contributed by atoms with van der Waals surface area (Å²) in [6, 6.07) is 10.9. The monoisotopic (exact) mass is 273 g/mol. The maximum Gasteiger partial charge on any atom is 0.225 e. The molecule has 0 fully saturated rings. The minimum atomic E-state index is -0.620. The number of pyridine rings is 1. The lowest BCUT2D eigenvalue weighted by Crippen LogP contribution is -1.98. The van der Waals surface area contributed by atoms with E-state index < -0.39 is 6.10 Å². The molecule has 0 saturated heterocycles. The lowest BCUT2D eigenvalue weighted by molar-refractivity contribution is 0.194. The van der Waals surface area contributed by atoms with E-state index in [-0.39, 0.29) is 0 Å². The van der Waals surface area contributed by atoms with Crippen molar-refractivity contribution >= 4 is 0 Å². The lowest BCUT2D eigenvalue weighted by atomic mass is 10.2. The third-order valence-electron chi connectivity index (χ3n) is 2.76. The van der Waals surface area contributed by atoms with Crippen LogP contribution in [0.5, 0.6) is 17.4 Å². The van der Waals surface area contributed by atoms with Gasteiger partial charge in [-0.3, -0.25) is 0 Å². The molecular formula is C16H19NO3. The van der Waals surface area contributed by atoms with Gasteiger partial charge in [0.05, 0.1) is 12.7 Å². The SMILES string of the molecule is CCCOc1ccc(Oc2ncccc2[C@@H](C)O)cc1. The fourth-order valence-electron chi connectivity index (χ4n) is 1.74. The summed E-state index contributed by atoms with van der Waals surface area (Å²) < 4.78 is 11.2. The molecule has 0 aliphatic rings. The van der Waals surface area contributed by atoms with E-state index >= 15 is 0 Å². The van der Waals surface area contributed by atoms with Gasteiger partial charge in [-0.2, -0.15) is 0 Å². The summed E-state index contributed by atoms with van der Waals surface area (Å²) in [6.45, 7) is 4.45. The van der Waals surface area contributed by atoms with Crippen molar-refractivity contribution in [3.05, 3.63) is 48.2 Å². The first kappa shape index (κ1) is 14.3. The maximum atomic E-state index is 9.68. The zero-order valence-corrected chi connectivity index (χ0v) is 11.7. The molecule has 1 aromatic heterocycles. The van der Waals surface area contributed by atoms with Crippen LogP contribution in [0.1, 0.15) is 31.9 Å². The van der Waals surface area contributed by atoms with E-state index in [1.807, 2.05) is 24.3 Å². The van der Waals surface area contributed by atoms with E-state index in [1.54, 1.807) is 25.3 Å². The summed E-state index contributed by atoms with van der Waals surface area (Å²) in [5, 5.41) is 9.68. The normalized spacial score (nSPS) is 11.9. The zero-order valence-electron chi connectivity index (χ0n) is 11.7. The first-order valence-corrected chi connectivity index (χ1v) is 6.74. The highest BCUT2D eigenvalue weighted by Gasteiger charge is 2.10. The number of nitrogens with zero attached hydrogens (tertiary/aromatic N) is 1. The van der Waals surface area contributed by atoms with Crippen LogP contribution in [0.15, 0.2) is 42.6 Å². The van der Waals surface area contributed by atoms with Crippen molar-refractivity contribution in [2.24, 2.45) is 0 Å². The molecule has 1 atom stereocenters. The van der Waals surface area contributed by atoms with E-state index in [4.69, 9.17) is 9.47 Å². The van der Waals surface area contributed by atoms with E-state index in [1.165, 1.54) is 0 Å². The average molecular weight is 273 g/mol. The second kappa shape index (κ2) is 6.91. The molecular weight excluding hydrogens is 254 g/mol. The van der Waals surface area contributed by atoms with Crippen LogP contribution in [0.25, 0.3) is 0 Å². The third-order valence-corrected chi connectivity index (χ3v) is 2.76. The number of aliphatic hydroxyl groups is 1. The number of rotatable bonds is 6. The molecule has 20 heavy (non-hydrogen) atoms. The highest BCUT2D eigenvalue weighted by molar-refractivity contribution is 5.36. The van der Waals surface area contributed by atoms with Gasteiger partial charge in [-0.15, -0.1) is 0 Å². The highest BCUT2D eigenvalue weighted by atomic mass is 16.5. The Morgan fingerprint density at radius 3 is 2.50 bits per heavy atom. The van der Waals surface area contributed by atoms with Gasteiger partial charge in [-0.1, -0.05) is 6.92 Å². The second-order valence-electron chi connectivity index (χ2n) is 4.50. The van der Waals surface area contributed by atoms with E-state index in [9.17, 15) is 5.11 Å². The Bertz CT molecular complexity index is 538. The Kier molecular flexibility index (Phi) is 4.96. The lowest BCUT2D eigenvalue weighted by Gasteiger charge is -2.12. The molecule has 0 spiro atoms. The van der Waals surface area contributed by atoms with Crippen LogP contribution >= 0.6 is 0 Å². The Morgan fingerprint density at radius 1 is 1.15 bits per heavy atom. The van der Waals surface area contributed by atoms with Gasteiger partial charge in [0.2, 0.25) is 5.88 Å². The van der Waals surface area contributed by atoms with Crippen LogP contribution in [-0.4, -0.2) is 16.7 Å². The molecule has 4 nitrogen and oxygen atoms in total. The van der Waals surface area contributed by atoms with Crippen molar-refractivity contribution in [2.75, 3.05) is 6.61 Å². The fraction of sp³-hybridized carbons (Fsp3) is 0.312. The molecule has 0 unspecified atom stereocenters. The molecule has 1 heterocycles. The van der Waals surface area contributed by atoms with E-state index in [2.05, 4.69) is 11.9 Å². The summed E-state index contributed by atoms with van der Waals surface area (Å²) in [7, 11) is 0. The standard InChI is InChI=1S/C16H19NO3/c1-3-11-19-13-6-8-14(9-7-13)20-16-15(12(2)18)5-4-10-17-16/h4-10,12,18H,3,11H2,1-2H3/t12-/m1/s1. The van der Waals surface area contributed by atoms with Gasteiger partial charge < -0.3 is 14.6 Å². The summed E-state index contributed by atoms with van der Waals surface area (Å²) in [5.74, 6) is 1.90. The van der Waals surface area contributed by atoms with Crippen LogP contribution in [0.2, 0.25) is 0 Å². The summed E-state index contributed by atoms with van der Waals surface area (Å²) in [4.78, 5) is 4.15. The number of aliphatic hydroxyl groups excluding tert-OH is 1. The van der Waals surface area contributed by atoms with Gasteiger partial charge in [0.1, 0.15) is 11.5 Å². The first-order chi connectivity index (χ1) is 9.70. The first-order valence-electron chi connectivity index (χ1n) is 6.74. The Balaban J connectivity index is 2.10. The van der Waals surface area contributed by atoms with Gasteiger partial charge in [0.15, 0.2) is 0 Å². The largest absolute Gasteiger partial charge is 0.494 e. The molecule has 1 aromatic carbocycles. The van der Waals surface area contributed by atoms with Gasteiger partial charge in [0.25, 0.3) is 0 Å². The van der Waals surface area contributed by atoms with Gasteiger partial charge in [0, 0.05) is 11.8 Å². The molecule has 0 radical (unpaired) electrons. The van der Waals surface area contributed by atoms with Crippen molar-refractivity contribution in [1.29, 1.82) is 0 Å². The van der Waals surface area contributed by atoms with E-state index in [0.29, 0.717) is 23.8 Å². The predicted octanol–water partition coefficient (Wildman–Crippen LogP) is 3.72. The van der Waals surface area contributed by atoms with Gasteiger partial charge >= 0.3 is 0 Å². The van der Waals surface area contributed by atoms with Crippen LogP contribution in [0, 0.1) is 0 Å². The molecule has 2 aromatic rings. The smallest absolute Gasteiger partial charge is 0.225 e. The van der Waals surface area contributed by atoms with Gasteiger partial charge in [-0.25, -0.2) is 4.98 Å². The van der Waals surface area contributed by atoms with Crippen molar-refractivity contribution in [3.8, 4) is 17.4 Å². The minimum absolute atomic E-state index is 0.421. The molecule has 1 N–H and O–H groups in total. The molecule has 0 aliphatic heterocycles. The predicted molar refractivity (Wildman–Crippen MR) is 77.2 cm³/mol. The van der Waals surface area contributed by atoms with Crippen molar-refractivity contribution < 1.29 is 14.6 Å². The molecule has 106 valence electrons.